The fourth-order valence-electron chi connectivity index (χ4n) is 3.66. The molecule has 1 aliphatic carbocycles. The Bertz CT molecular complexity index is 375. The van der Waals surface area contributed by atoms with E-state index in [0.29, 0.717) is 0 Å². The second kappa shape index (κ2) is 6.12. The highest BCUT2D eigenvalue weighted by Crippen LogP contribution is 2.43. The summed E-state index contributed by atoms with van der Waals surface area (Å²) in [5.74, 6) is -0.234. The minimum Gasteiger partial charge on any atom is -0.368 e. The van der Waals surface area contributed by atoms with Crippen LogP contribution in [0.3, 0.4) is 0 Å². The predicted molar refractivity (Wildman–Crippen MR) is 77.9 cm³/mol. The van der Waals surface area contributed by atoms with Gasteiger partial charge in [-0.15, -0.1) is 0 Å². The summed E-state index contributed by atoms with van der Waals surface area (Å²) in [7, 11) is 0. The summed E-state index contributed by atoms with van der Waals surface area (Å²) in [5, 5.41) is 3.29. The van der Waals surface area contributed by atoms with E-state index in [4.69, 9.17) is 5.73 Å². The first kappa shape index (κ1) is 15.3. The molecule has 5 nitrogen and oxygen atoms in total. The lowest BCUT2D eigenvalue weighted by molar-refractivity contribution is -0.144. The highest BCUT2D eigenvalue weighted by Gasteiger charge is 2.42. The first-order valence-corrected chi connectivity index (χ1v) is 7.71. The number of nitrogens with zero attached hydrogens (tertiary/aromatic N) is 1. The van der Waals surface area contributed by atoms with Gasteiger partial charge in [0.1, 0.15) is 0 Å². The van der Waals surface area contributed by atoms with E-state index in [0.717, 1.165) is 45.2 Å². The zero-order valence-electron chi connectivity index (χ0n) is 12.7. The fraction of sp³-hybridized carbons (Fsp3) is 0.867. The highest BCUT2D eigenvalue weighted by atomic mass is 16.2. The molecular weight excluding hydrogens is 254 g/mol. The number of rotatable bonds is 4. The second-order valence-corrected chi connectivity index (χ2v) is 6.85. The van der Waals surface area contributed by atoms with Gasteiger partial charge in [-0.1, -0.05) is 20.3 Å². The van der Waals surface area contributed by atoms with E-state index >= 15 is 0 Å². The van der Waals surface area contributed by atoms with Crippen molar-refractivity contribution in [3.8, 4) is 0 Å². The van der Waals surface area contributed by atoms with Gasteiger partial charge in [-0.3, -0.25) is 9.59 Å². The van der Waals surface area contributed by atoms with Crippen LogP contribution >= 0.6 is 0 Å². The maximum atomic E-state index is 12.9. The van der Waals surface area contributed by atoms with Crippen LogP contribution < -0.4 is 11.1 Å². The van der Waals surface area contributed by atoms with Crippen LogP contribution in [0, 0.1) is 11.3 Å². The summed E-state index contributed by atoms with van der Waals surface area (Å²) in [6.45, 7) is 6.19. The lowest BCUT2D eigenvalue weighted by atomic mass is 9.80. The van der Waals surface area contributed by atoms with Crippen LogP contribution in [0.5, 0.6) is 0 Å². The van der Waals surface area contributed by atoms with Crippen LogP contribution in [0.2, 0.25) is 0 Å². The zero-order valence-corrected chi connectivity index (χ0v) is 12.7. The van der Waals surface area contributed by atoms with Crippen molar-refractivity contribution in [2.24, 2.45) is 17.1 Å². The van der Waals surface area contributed by atoms with Gasteiger partial charge in [0.2, 0.25) is 11.8 Å². The van der Waals surface area contributed by atoms with Gasteiger partial charge in [0.25, 0.3) is 0 Å². The Balaban J connectivity index is 2.12. The Labute approximate surface area is 121 Å². The first-order chi connectivity index (χ1) is 9.42. The van der Waals surface area contributed by atoms with Gasteiger partial charge in [-0.25, -0.2) is 0 Å². The van der Waals surface area contributed by atoms with Crippen molar-refractivity contribution in [1.29, 1.82) is 0 Å². The molecule has 2 amide bonds. The average Bonchev–Trinajstić information content (AvgIpc) is 2.75. The van der Waals surface area contributed by atoms with Crippen LogP contribution in [0.4, 0.5) is 0 Å². The lowest BCUT2D eigenvalue weighted by Crippen LogP contribution is -2.52. The lowest BCUT2D eigenvalue weighted by Gasteiger charge is -2.38. The van der Waals surface area contributed by atoms with Gasteiger partial charge in [-0.05, 0) is 44.2 Å². The van der Waals surface area contributed by atoms with Gasteiger partial charge in [0.15, 0.2) is 0 Å². The average molecular weight is 281 g/mol. The molecule has 114 valence electrons. The zero-order chi connectivity index (χ0) is 14.8. The third-order valence-electron chi connectivity index (χ3n) is 4.91. The summed E-state index contributed by atoms with van der Waals surface area (Å²) in [6, 6.07) is 0.160. The Hall–Kier alpha value is -1.10. The first-order valence-electron chi connectivity index (χ1n) is 7.71. The van der Waals surface area contributed by atoms with Crippen molar-refractivity contribution in [2.75, 3.05) is 19.6 Å². The maximum Gasteiger partial charge on any atom is 0.237 e. The topological polar surface area (TPSA) is 75.4 Å². The number of amides is 2. The van der Waals surface area contributed by atoms with Crippen molar-refractivity contribution in [1.82, 2.24) is 10.2 Å². The number of primary amides is 1. The molecule has 1 aliphatic heterocycles. The number of nitrogens with one attached hydrogen (secondary N) is 1. The summed E-state index contributed by atoms with van der Waals surface area (Å²) < 4.78 is 0. The van der Waals surface area contributed by atoms with E-state index in [9.17, 15) is 9.59 Å². The van der Waals surface area contributed by atoms with E-state index in [1.54, 1.807) is 4.90 Å². The summed E-state index contributed by atoms with van der Waals surface area (Å²) in [5.41, 5.74) is 5.40. The molecule has 5 heteroatoms. The van der Waals surface area contributed by atoms with Gasteiger partial charge >= 0.3 is 0 Å². The smallest absolute Gasteiger partial charge is 0.237 e. The van der Waals surface area contributed by atoms with Gasteiger partial charge in [0, 0.05) is 12.0 Å². The molecule has 2 rings (SSSR count). The van der Waals surface area contributed by atoms with Crippen LogP contribution in [0.15, 0.2) is 0 Å². The Morgan fingerprint density at radius 2 is 1.90 bits per heavy atom. The molecule has 0 bridgehead atoms. The van der Waals surface area contributed by atoms with E-state index in [-0.39, 0.29) is 29.8 Å². The maximum absolute atomic E-state index is 12.9. The standard InChI is InChI=1S/C15H27N3O2/c1-15(2)7-3-4-12(15)14(20)18(10-13(16)19)11-5-8-17-9-6-11/h11-12,17H,3-10H2,1-2H3,(H2,16,19). The van der Waals surface area contributed by atoms with Crippen LogP contribution in [0.25, 0.3) is 0 Å². The molecule has 0 aromatic heterocycles. The van der Waals surface area contributed by atoms with Gasteiger partial charge in [0.05, 0.1) is 6.54 Å². The molecule has 2 fully saturated rings. The number of nitrogens with two attached hydrogens (primary N) is 1. The van der Waals surface area contributed by atoms with E-state index < -0.39 is 5.91 Å². The molecule has 1 saturated heterocycles. The minimum atomic E-state index is -0.410. The van der Waals surface area contributed by atoms with E-state index in [1.807, 2.05) is 0 Å². The molecule has 3 N–H and O–H groups in total. The number of hydrogen-bond acceptors (Lipinski definition) is 3. The number of carbonyl (C=O) groups excluding carboxylic acids is 2. The molecule has 1 heterocycles. The van der Waals surface area contributed by atoms with Crippen molar-refractivity contribution in [3.05, 3.63) is 0 Å². The van der Waals surface area contributed by atoms with E-state index in [2.05, 4.69) is 19.2 Å². The number of hydrogen-bond donors (Lipinski definition) is 2. The summed E-state index contributed by atoms with van der Waals surface area (Å²) in [6.07, 6.45) is 4.94. The van der Waals surface area contributed by atoms with Crippen LogP contribution in [-0.2, 0) is 9.59 Å². The van der Waals surface area contributed by atoms with Crippen LogP contribution in [0.1, 0.15) is 46.0 Å². The summed E-state index contributed by atoms with van der Waals surface area (Å²) in [4.78, 5) is 26.0. The number of piperidine rings is 1. The summed E-state index contributed by atoms with van der Waals surface area (Å²) >= 11 is 0. The van der Waals surface area contributed by atoms with Crippen molar-refractivity contribution in [3.63, 3.8) is 0 Å². The molecule has 0 spiro atoms. The molecule has 20 heavy (non-hydrogen) atoms. The molecule has 1 saturated carbocycles. The van der Waals surface area contributed by atoms with Gasteiger partial charge in [-0.2, -0.15) is 0 Å². The van der Waals surface area contributed by atoms with Crippen molar-refractivity contribution < 1.29 is 9.59 Å². The molecule has 0 radical (unpaired) electrons. The number of carbonyl (C=O) groups is 2. The van der Waals surface area contributed by atoms with Crippen molar-refractivity contribution in [2.45, 2.75) is 52.0 Å². The Morgan fingerprint density at radius 3 is 2.40 bits per heavy atom. The quantitative estimate of drug-likeness (QED) is 0.803. The third-order valence-corrected chi connectivity index (χ3v) is 4.91. The predicted octanol–water partition coefficient (Wildman–Crippen LogP) is 0.879. The second-order valence-electron chi connectivity index (χ2n) is 6.85. The van der Waals surface area contributed by atoms with Crippen LogP contribution in [-0.4, -0.2) is 42.4 Å². The van der Waals surface area contributed by atoms with Gasteiger partial charge < -0.3 is 16.0 Å². The molecule has 1 unspecified atom stereocenters. The fourth-order valence-corrected chi connectivity index (χ4v) is 3.66. The Kier molecular flexibility index (Phi) is 4.68. The molecule has 0 aromatic rings. The third kappa shape index (κ3) is 3.32. The molecule has 2 aliphatic rings. The minimum absolute atomic E-state index is 0.0386. The molecule has 1 atom stereocenters. The molecular formula is C15H27N3O2. The monoisotopic (exact) mass is 281 g/mol. The van der Waals surface area contributed by atoms with E-state index in [1.165, 1.54) is 0 Å². The normalized spacial score (nSPS) is 26.4. The SMILES string of the molecule is CC1(C)CCCC1C(=O)N(CC(N)=O)C1CCNCC1. The highest BCUT2D eigenvalue weighted by molar-refractivity contribution is 5.86. The largest absolute Gasteiger partial charge is 0.368 e. The van der Waals surface area contributed by atoms with Crippen molar-refractivity contribution >= 4 is 11.8 Å². The molecule has 0 aromatic carbocycles. The Morgan fingerprint density at radius 1 is 1.25 bits per heavy atom.